The zero-order valence-electron chi connectivity index (χ0n) is 11.0. The number of halogens is 2. The van der Waals surface area contributed by atoms with Crippen molar-refractivity contribution in [1.82, 2.24) is 5.32 Å². The summed E-state index contributed by atoms with van der Waals surface area (Å²) in [5, 5.41) is 13.5. The molecular weight excluding hydrogens is 309 g/mol. The third-order valence-corrected chi connectivity index (χ3v) is 4.51. The molecule has 3 nitrogen and oxygen atoms in total. The van der Waals surface area contributed by atoms with Crippen LogP contribution in [0.25, 0.3) is 0 Å². The molecule has 1 amide bonds. The van der Waals surface area contributed by atoms with Crippen molar-refractivity contribution in [2.75, 3.05) is 0 Å². The summed E-state index contributed by atoms with van der Waals surface area (Å²) >= 11 is 12.0. The van der Waals surface area contributed by atoms with Gasteiger partial charge in [-0.1, -0.05) is 53.5 Å². The average Bonchev–Trinajstić information content (AvgIpc) is 2.78. The molecule has 3 rings (SSSR count). The summed E-state index contributed by atoms with van der Waals surface area (Å²) in [5.74, 6) is -0.344. The van der Waals surface area contributed by atoms with Crippen molar-refractivity contribution in [2.24, 2.45) is 0 Å². The fraction of sp³-hybridized carbons (Fsp3) is 0.188. The Labute approximate surface area is 132 Å². The molecule has 0 bridgehead atoms. The largest absolute Gasteiger partial charge is 0.390 e. The quantitative estimate of drug-likeness (QED) is 0.890. The number of hydrogen-bond acceptors (Lipinski definition) is 2. The van der Waals surface area contributed by atoms with Crippen LogP contribution in [0.15, 0.2) is 42.5 Å². The summed E-state index contributed by atoms with van der Waals surface area (Å²) in [6.45, 7) is 0. The Morgan fingerprint density at radius 2 is 1.90 bits per heavy atom. The van der Waals surface area contributed by atoms with Gasteiger partial charge in [0.1, 0.15) is 0 Å². The van der Waals surface area contributed by atoms with Gasteiger partial charge in [0.2, 0.25) is 0 Å². The Kier molecular flexibility index (Phi) is 3.89. The second kappa shape index (κ2) is 5.68. The van der Waals surface area contributed by atoms with E-state index >= 15 is 0 Å². The zero-order chi connectivity index (χ0) is 15.0. The highest BCUT2D eigenvalue weighted by atomic mass is 35.5. The van der Waals surface area contributed by atoms with Crippen molar-refractivity contribution >= 4 is 29.1 Å². The molecule has 0 fully saturated rings. The molecule has 2 aromatic carbocycles. The van der Waals surface area contributed by atoms with Crippen LogP contribution in [0.3, 0.4) is 0 Å². The molecule has 0 saturated heterocycles. The van der Waals surface area contributed by atoms with Gasteiger partial charge in [-0.15, -0.1) is 0 Å². The van der Waals surface area contributed by atoms with E-state index in [0.29, 0.717) is 17.0 Å². The highest BCUT2D eigenvalue weighted by Crippen LogP contribution is 2.32. The summed E-state index contributed by atoms with van der Waals surface area (Å²) in [5.41, 5.74) is 2.30. The Bertz CT molecular complexity index is 702. The van der Waals surface area contributed by atoms with Crippen molar-refractivity contribution in [3.63, 3.8) is 0 Å². The lowest BCUT2D eigenvalue weighted by atomic mass is 10.1. The van der Waals surface area contributed by atoms with E-state index in [1.165, 1.54) is 0 Å². The second-order valence-corrected chi connectivity index (χ2v) is 5.81. The summed E-state index contributed by atoms with van der Waals surface area (Å²) < 4.78 is 0. The third-order valence-electron chi connectivity index (χ3n) is 3.69. The molecule has 2 N–H and O–H groups in total. The summed E-state index contributed by atoms with van der Waals surface area (Å²) in [6, 6.07) is 12.2. The first-order chi connectivity index (χ1) is 10.1. The fourth-order valence-electron chi connectivity index (χ4n) is 2.65. The van der Waals surface area contributed by atoms with E-state index < -0.39 is 12.1 Å². The standard InChI is InChI=1S/C16H13Cl2NO2/c17-12-7-3-6-11(14(12)18)16(21)19-15-10-5-2-1-4-9(10)8-13(15)20/h1-7,13,15,20H,8H2,(H,19,21)/t13-,15+/m0/s1. The fourth-order valence-corrected chi connectivity index (χ4v) is 3.03. The number of fused-ring (bicyclic) bond motifs is 1. The molecule has 21 heavy (non-hydrogen) atoms. The number of carbonyl (C=O) groups excluding carboxylic acids is 1. The van der Waals surface area contributed by atoms with Crippen molar-refractivity contribution in [2.45, 2.75) is 18.6 Å². The van der Waals surface area contributed by atoms with Crippen LogP contribution in [0.1, 0.15) is 27.5 Å². The molecule has 0 radical (unpaired) electrons. The van der Waals surface area contributed by atoms with E-state index in [2.05, 4.69) is 5.32 Å². The molecular formula is C16H13Cl2NO2. The Morgan fingerprint density at radius 3 is 2.71 bits per heavy atom. The first-order valence-electron chi connectivity index (χ1n) is 6.58. The predicted octanol–water partition coefficient (Wildman–Crippen LogP) is 3.38. The number of hydrogen-bond donors (Lipinski definition) is 2. The van der Waals surface area contributed by atoms with Crippen molar-refractivity contribution in [1.29, 1.82) is 0 Å². The minimum absolute atomic E-state index is 0.220. The Morgan fingerprint density at radius 1 is 1.14 bits per heavy atom. The van der Waals surface area contributed by atoms with E-state index in [1.54, 1.807) is 18.2 Å². The van der Waals surface area contributed by atoms with Gasteiger partial charge in [-0.3, -0.25) is 4.79 Å². The van der Waals surface area contributed by atoms with Crippen LogP contribution in [0.5, 0.6) is 0 Å². The van der Waals surface area contributed by atoms with Gasteiger partial charge in [-0.2, -0.15) is 0 Å². The second-order valence-electron chi connectivity index (χ2n) is 5.02. The Balaban J connectivity index is 1.87. The van der Waals surface area contributed by atoms with Gasteiger partial charge in [-0.05, 0) is 23.3 Å². The maximum Gasteiger partial charge on any atom is 0.253 e. The molecule has 0 saturated carbocycles. The topological polar surface area (TPSA) is 49.3 Å². The third kappa shape index (κ3) is 2.64. The minimum Gasteiger partial charge on any atom is -0.390 e. The van der Waals surface area contributed by atoms with E-state index in [4.69, 9.17) is 23.2 Å². The van der Waals surface area contributed by atoms with Crippen LogP contribution in [0.2, 0.25) is 10.0 Å². The van der Waals surface area contributed by atoms with Gasteiger partial charge in [0.05, 0.1) is 27.8 Å². The maximum absolute atomic E-state index is 12.4. The van der Waals surface area contributed by atoms with E-state index in [0.717, 1.165) is 11.1 Å². The van der Waals surface area contributed by atoms with Crippen LogP contribution in [0.4, 0.5) is 0 Å². The normalized spacial score (nSPS) is 20.1. The molecule has 0 aliphatic heterocycles. The monoisotopic (exact) mass is 321 g/mol. The lowest BCUT2D eigenvalue weighted by molar-refractivity contribution is 0.0858. The maximum atomic E-state index is 12.4. The smallest absolute Gasteiger partial charge is 0.253 e. The van der Waals surface area contributed by atoms with E-state index in [-0.39, 0.29) is 10.9 Å². The average molecular weight is 322 g/mol. The van der Waals surface area contributed by atoms with Gasteiger partial charge < -0.3 is 10.4 Å². The SMILES string of the molecule is O=C(N[C@@H]1c2ccccc2C[C@@H]1O)c1cccc(Cl)c1Cl. The van der Waals surface area contributed by atoms with Crippen LogP contribution >= 0.6 is 23.2 Å². The van der Waals surface area contributed by atoms with Gasteiger partial charge in [0.25, 0.3) is 5.91 Å². The number of benzene rings is 2. The summed E-state index contributed by atoms with van der Waals surface area (Å²) in [7, 11) is 0. The number of amides is 1. The number of nitrogens with one attached hydrogen (secondary N) is 1. The van der Waals surface area contributed by atoms with E-state index in [9.17, 15) is 9.90 Å². The van der Waals surface area contributed by atoms with Crippen molar-refractivity contribution < 1.29 is 9.90 Å². The zero-order valence-corrected chi connectivity index (χ0v) is 12.5. The van der Waals surface area contributed by atoms with Crippen LogP contribution in [-0.4, -0.2) is 17.1 Å². The molecule has 0 unspecified atom stereocenters. The highest BCUT2D eigenvalue weighted by molar-refractivity contribution is 6.43. The van der Waals surface area contributed by atoms with Crippen molar-refractivity contribution in [3.05, 3.63) is 69.2 Å². The molecule has 5 heteroatoms. The molecule has 2 atom stereocenters. The first-order valence-corrected chi connectivity index (χ1v) is 7.34. The van der Waals surface area contributed by atoms with Gasteiger partial charge in [-0.25, -0.2) is 0 Å². The summed E-state index contributed by atoms with van der Waals surface area (Å²) in [4.78, 5) is 12.4. The van der Waals surface area contributed by atoms with Crippen LogP contribution in [0, 0.1) is 0 Å². The van der Waals surface area contributed by atoms with Crippen LogP contribution < -0.4 is 5.32 Å². The van der Waals surface area contributed by atoms with Crippen molar-refractivity contribution in [3.8, 4) is 0 Å². The van der Waals surface area contributed by atoms with E-state index in [1.807, 2.05) is 24.3 Å². The molecule has 0 spiro atoms. The van der Waals surface area contributed by atoms with Gasteiger partial charge >= 0.3 is 0 Å². The lowest BCUT2D eigenvalue weighted by Gasteiger charge is -2.18. The minimum atomic E-state index is -0.635. The highest BCUT2D eigenvalue weighted by Gasteiger charge is 2.32. The first kappa shape index (κ1) is 14.4. The molecule has 1 aliphatic carbocycles. The Hall–Kier alpha value is -1.55. The summed E-state index contributed by atoms with van der Waals surface area (Å²) in [6.07, 6.45) is -0.103. The number of carbonyl (C=O) groups is 1. The molecule has 1 aliphatic rings. The number of aliphatic hydroxyl groups excluding tert-OH is 1. The molecule has 2 aromatic rings. The lowest BCUT2D eigenvalue weighted by Crippen LogP contribution is -2.34. The number of aliphatic hydroxyl groups is 1. The van der Waals surface area contributed by atoms with Gasteiger partial charge in [0.15, 0.2) is 0 Å². The molecule has 0 heterocycles. The predicted molar refractivity (Wildman–Crippen MR) is 82.8 cm³/mol. The molecule has 0 aromatic heterocycles. The van der Waals surface area contributed by atoms with Crippen LogP contribution in [-0.2, 0) is 6.42 Å². The molecule has 108 valence electrons. The van der Waals surface area contributed by atoms with Gasteiger partial charge in [0, 0.05) is 6.42 Å². The number of rotatable bonds is 2.